The van der Waals surface area contributed by atoms with Crippen molar-refractivity contribution in [3.8, 4) is 0 Å². The first-order valence-corrected chi connectivity index (χ1v) is 10.4. The highest BCUT2D eigenvalue weighted by molar-refractivity contribution is 7.17. The van der Waals surface area contributed by atoms with Crippen molar-refractivity contribution in [3.05, 3.63) is 70.1 Å². The highest BCUT2D eigenvalue weighted by Crippen LogP contribution is 2.27. The van der Waals surface area contributed by atoms with Crippen LogP contribution in [-0.2, 0) is 11.3 Å². The third-order valence-electron chi connectivity index (χ3n) is 4.82. The molecular weight excluding hydrogens is 402 g/mol. The van der Waals surface area contributed by atoms with Crippen LogP contribution in [0.2, 0.25) is 0 Å². The summed E-state index contributed by atoms with van der Waals surface area (Å²) in [6.07, 6.45) is 1.61. The van der Waals surface area contributed by atoms with Gasteiger partial charge in [-0.3, -0.25) is 10.1 Å². The fraction of sp³-hybridized carbons (Fsp3) is 0.227. The van der Waals surface area contributed by atoms with Crippen molar-refractivity contribution in [2.45, 2.75) is 27.3 Å². The molecule has 4 rings (SSSR count). The van der Waals surface area contributed by atoms with Gasteiger partial charge in [-0.2, -0.15) is 0 Å². The average molecular weight is 423 g/mol. The molecule has 0 bridgehead atoms. The standard InChI is InChI=1S/C22H21N3O4S/c1-4-28-21(27)19-14(3)23-22(30-19)24-20(26)17-11-18-16(9-10-29-18)25(17)12-15-8-6-5-7-13(15)2/h5-11H,4,12H2,1-3H3,(H,23,24,26). The lowest BCUT2D eigenvalue weighted by Gasteiger charge is -2.11. The topological polar surface area (TPSA) is 86.4 Å². The maximum Gasteiger partial charge on any atom is 0.350 e. The van der Waals surface area contributed by atoms with Crippen LogP contribution in [0.5, 0.6) is 0 Å². The van der Waals surface area contributed by atoms with Crippen molar-refractivity contribution >= 4 is 39.4 Å². The first-order chi connectivity index (χ1) is 14.5. The largest absolute Gasteiger partial charge is 0.463 e. The van der Waals surface area contributed by atoms with E-state index in [0.717, 1.165) is 28.0 Å². The van der Waals surface area contributed by atoms with E-state index in [2.05, 4.69) is 10.3 Å². The number of anilines is 1. The van der Waals surface area contributed by atoms with Gasteiger partial charge >= 0.3 is 5.97 Å². The van der Waals surface area contributed by atoms with Gasteiger partial charge in [-0.15, -0.1) is 0 Å². The number of benzene rings is 1. The fourth-order valence-corrected chi connectivity index (χ4v) is 4.15. The number of furan rings is 1. The molecule has 8 heteroatoms. The molecule has 0 unspecified atom stereocenters. The second kappa shape index (κ2) is 8.16. The minimum atomic E-state index is -0.437. The quantitative estimate of drug-likeness (QED) is 0.451. The van der Waals surface area contributed by atoms with Gasteiger partial charge in [0.05, 0.1) is 24.1 Å². The number of aromatic nitrogens is 2. The number of ether oxygens (including phenoxy) is 1. The Bertz CT molecular complexity index is 1230. The summed E-state index contributed by atoms with van der Waals surface area (Å²) in [7, 11) is 0. The van der Waals surface area contributed by atoms with Crippen molar-refractivity contribution < 1.29 is 18.7 Å². The van der Waals surface area contributed by atoms with Crippen molar-refractivity contribution in [3.63, 3.8) is 0 Å². The predicted molar refractivity (Wildman–Crippen MR) is 115 cm³/mol. The summed E-state index contributed by atoms with van der Waals surface area (Å²) in [4.78, 5) is 29.8. The number of hydrogen-bond donors (Lipinski definition) is 1. The first-order valence-electron chi connectivity index (χ1n) is 9.55. The molecule has 0 aliphatic rings. The van der Waals surface area contributed by atoms with Gasteiger partial charge in [0.25, 0.3) is 5.91 Å². The number of fused-ring (bicyclic) bond motifs is 1. The van der Waals surface area contributed by atoms with Gasteiger partial charge in [0.2, 0.25) is 0 Å². The molecule has 0 spiro atoms. The highest BCUT2D eigenvalue weighted by atomic mass is 32.1. The van der Waals surface area contributed by atoms with E-state index in [1.54, 1.807) is 26.2 Å². The van der Waals surface area contributed by atoms with E-state index in [1.807, 2.05) is 41.8 Å². The molecule has 0 atom stereocenters. The second-order valence-corrected chi connectivity index (χ2v) is 7.82. The van der Waals surface area contributed by atoms with E-state index < -0.39 is 5.97 Å². The van der Waals surface area contributed by atoms with E-state index in [9.17, 15) is 9.59 Å². The predicted octanol–water partition coefficient (Wildman–Crippen LogP) is 4.78. The average Bonchev–Trinajstić information content (AvgIpc) is 3.39. The van der Waals surface area contributed by atoms with Gasteiger partial charge in [0.15, 0.2) is 10.7 Å². The van der Waals surface area contributed by atoms with Crippen molar-refractivity contribution in [1.82, 2.24) is 9.55 Å². The summed E-state index contributed by atoms with van der Waals surface area (Å²) in [5, 5.41) is 3.15. The summed E-state index contributed by atoms with van der Waals surface area (Å²) in [6.45, 7) is 6.31. The molecule has 154 valence electrons. The van der Waals surface area contributed by atoms with E-state index in [0.29, 0.717) is 33.5 Å². The van der Waals surface area contributed by atoms with Crippen LogP contribution in [-0.4, -0.2) is 28.0 Å². The first kappa shape index (κ1) is 19.9. The molecule has 0 radical (unpaired) electrons. The minimum Gasteiger partial charge on any atom is -0.463 e. The molecule has 1 amide bonds. The molecular formula is C22H21N3O4S. The summed E-state index contributed by atoms with van der Waals surface area (Å²) >= 11 is 1.10. The Hall–Kier alpha value is -3.39. The number of thiazole rings is 1. The van der Waals surface area contributed by atoms with Crippen LogP contribution in [0.15, 0.2) is 47.1 Å². The Balaban J connectivity index is 1.64. The Kier molecular flexibility index (Phi) is 5.41. The Morgan fingerprint density at radius 1 is 1.23 bits per heavy atom. The second-order valence-electron chi connectivity index (χ2n) is 6.82. The number of rotatable bonds is 6. The number of carbonyl (C=O) groups excluding carboxylic acids is 2. The molecule has 0 aliphatic heterocycles. The normalized spacial score (nSPS) is 11.0. The molecule has 7 nitrogen and oxygen atoms in total. The monoisotopic (exact) mass is 423 g/mol. The van der Waals surface area contributed by atoms with Crippen molar-refractivity contribution in [2.75, 3.05) is 11.9 Å². The Morgan fingerprint density at radius 3 is 2.80 bits per heavy atom. The number of esters is 1. The summed E-state index contributed by atoms with van der Waals surface area (Å²) in [6, 6.07) is 11.6. The number of aryl methyl sites for hydroxylation is 2. The zero-order valence-electron chi connectivity index (χ0n) is 16.9. The van der Waals surface area contributed by atoms with Crippen LogP contribution < -0.4 is 5.32 Å². The number of amides is 1. The molecule has 1 N–H and O–H groups in total. The van der Waals surface area contributed by atoms with Crippen LogP contribution in [0.3, 0.4) is 0 Å². The molecule has 4 aromatic rings. The van der Waals surface area contributed by atoms with E-state index in [4.69, 9.17) is 9.15 Å². The van der Waals surface area contributed by atoms with Gasteiger partial charge in [0.1, 0.15) is 10.6 Å². The van der Waals surface area contributed by atoms with Gasteiger partial charge in [-0.25, -0.2) is 9.78 Å². The summed E-state index contributed by atoms with van der Waals surface area (Å²) < 4.78 is 12.5. The minimum absolute atomic E-state index is 0.281. The van der Waals surface area contributed by atoms with Crippen LogP contribution in [0.4, 0.5) is 5.13 Å². The Morgan fingerprint density at radius 2 is 2.03 bits per heavy atom. The van der Waals surface area contributed by atoms with Crippen LogP contribution in [0, 0.1) is 13.8 Å². The Labute approximate surface area is 177 Å². The molecule has 0 fully saturated rings. The molecule has 0 saturated heterocycles. The smallest absolute Gasteiger partial charge is 0.350 e. The van der Waals surface area contributed by atoms with Crippen molar-refractivity contribution in [1.29, 1.82) is 0 Å². The number of nitrogens with zero attached hydrogens (tertiary/aromatic N) is 2. The summed E-state index contributed by atoms with van der Waals surface area (Å²) in [5.41, 5.74) is 4.71. The number of nitrogens with one attached hydrogen (secondary N) is 1. The lowest BCUT2D eigenvalue weighted by molar-refractivity contribution is 0.0531. The lowest BCUT2D eigenvalue weighted by Crippen LogP contribution is -2.17. The maximum absolute atomic E-state index is 13.1. The zero-order chi connectivity index (χ0) is 21.3. The van der Waals surface area contributed by atoms with Gasteiger partial charge < -0.3 is 13.7 Å². The highest BCUT2D eigenvalue weighted by Gasteiger charge is 2.21. The third-order valence-corrected chi connectivity index (χ3v) is 5.88. The van der Waals surface area contributed by atoms with Gasteiger partial charge in [-0.1, -0.05) is 35.6 Å². The molecule has 3 heterocycles. The molecule has 0 saturated carbocycles. The number of hydrogen-bond acceptors (Lipinski definition) is 6. The van der Waals surface area contributed by atoms with Crippen molar-refractivity contribution in [2.24, 2.45) is 0 Å². The molecule has 0 aliphatic carbocycles. The van der Waals surface area contributed by atoms with E-state index in [-0.39, 0.29) is 12.5 Å². The lowest BCUT2D eigenvalue weighted by atomic mass is 10.1. The molecule has 1 aromatic carbocycles. The van der Waals surface area contributed by atoms with Gasteiger partial charge in [0, 0.05) is 18.7 Å². The molecule has 30 heavy (non-hydrogen) atoms. The number of carbonyl (C=O) groups is 2. The fourth-order valence-electron chi connectivity index (χ4n) is 3.29. The zero-order valence-corrected chi connectivity index (χ0v) is 17.7. The van der Waals surface area contributed by atoms with E-state index >= 15 is 0 Å². The third kappa shape index (κ3) is 3.73. The SMILES string of the molecule is CCOC(=O)c1sc(NC(=O)c2cc3occc3n2Cc2ccccc2C)nc1C. The van der Waals surface area contributed by atoms with Crippen LogP contribution >= 0.6 is 11.3 Å². The van der Waals surface area contributed by atoms with Gasteiger partial charge in [-0.05, 0) is 31.9 Å². The maximum atomic E-state index is 13.1. The van der Waals surface area contributed by atoms with Crippen LogP contribution in [0.25, 0.3) is 11.1 Å². The summed E-state index contributed by atoms with van der Waals surface area (Å²) in [5.74, 6) is -0.757. The van der Waals surface area contributed by atoms with E-state index in [1.165, 1.54) is 0 Å². The van der Waals surface area contributed by atoms with Crippen LogP contribution in [0.1, 0.15) is 43.9 Å². The molecule has 3 aromatic heterocycles.